The molecule has 1 heterocycles. The van der Waals surface area contributed by atoms with E-state index in [0.29, 0.717) is 10.6 Å². The average Bonchev–Trinajstić information content (AvgIpc) is 3.20. The number of hydroxylamine groups is 2. The number of carbonyl (C=O) groups is 3. The lowest BCUT2D eigenvalue weighted by Crippen LogP contribution is -2.32. The summed E-state index contributed by atoms with van der Waals surface area (Å²) in [6.45, 7) is 8.10. The van der Waals surface area contributed by atoms with E-state index in [1.807, 2.05) is 57.2 Å². The summed E-state index contributed by atoms with van der Waals surface area (Å²) in [6.07, 6.45) is 0.932. The summed E-state index contributed by atoms with van der Waals surface area (Å²) in [5.74, 6) is -0.755. The van der Waals surface area contributed by atoms with Gasteiger partial charge in [-0.05, 0) is 55.7 Å². The Labute approximate surface area is 207 Å². The fourth-order valence-electron chi connectivity index (χ4n) is 3.17. The van der Waals surface area contributed by atoms with Crippen LogP contribution < -0.4 is 4.74 Å². The van der Waals surface area contributed by atoms with Crippen molar-refractivity contribution in [3.8, 4) is 5.75 Å². The molecule has 6 heteroatoms. The Morgan fingerprint density at radius 1 is 0.743 bits per heavy atom. The van der Waals surface area contributed by atoms with Gasteiger partial charge >= 0.3 is 5.97 Å². The van der Waals surface area contributed by atoms with Gasteiger partial charge in [-0.1, -0.05) is 73.5 Å². The summed E-state index contributed by atoms with van der Waals surface area (Å²) >= 11 is 0. The predicted molar refractivity (Wildman–Crippen MR) is 136 cm³/mol. The van der Waals surface area contributed by atoms with Crippen LogP contribution in [0.15, 0.2) is 72.8 Å². The predicted octanol–water partition coefficient (Wildman–Crippen LogP) is 5.84. The van der Waals surface area contributed by atoms with Crippen LogP contribution in [0, 0.1) is 13.8 Å². The van der Waals surface area contributed by atoms with E-state index in [1.165, 1.54) is 16.7 Å². The Kier molecular flexibility index (Phi) is 10.7. The highest BCUT2D eigenvalue weighted by molar-refractivity contribution is 6.02. The average molecular weight is 476 g/mol. The summed E-state index contributed by atoms with van der Waals surface area (Å²) in [5, 5.41) is 0.558. The van der Waals surface area contributed by atoms with Crippen molar-refractivity contribution < 1.29 is 24.0 Å². The van der Waals surface area contributed by atoms with Crippen LogP contribution in [0.2, 0.25) is 0 Å². The van der Waals surface area contributed by atoms with Crippen molar-refractivity contribution in [1.29, 1.82) is 0 Å². The summed E-state index contributed by atoms with van der Waals surface area (Å²) in [7, 11) is 1.67. The zero-order valence-electron chi connectivity index (χ0n) is 21.0. The molecule has 0 aliphatic carbocycles. The molecule has 1 fully saturated rings. The molecule has 0 atom stereocenters. The number of rotatable bonds is 5. The van der Waals surface area contributed by atoms with Crippen LogP contribution in [0.1, 0.15) is 59.3 Å². The van der Waals surface area contributed by atoms with Gasteiger partial charge in [-0.25, -0.2) is 4.79 Å². The van der Waals surface area contributed by atoms with Gasteiger partial charge in [0.2, 0.25) is 0 Å². The number of hydrogen-bond donors (Lipinski definition) is 0. The minimum atomic E-state index is -0.708. The summed E-state index contributed by atoms with van der Waals surface area (Å²) in [4.78, 5) is 39.8. The van der Waals surface area contributed by atoms with Crippen molar-refractivity contribution in [1.82, 2.24) is 5.06 Å². The van der Waals surface area contributed by atoms with Crippen LogP contribution in [0.5, 0.6) is 5.75 Å². The maximum atomic E-state index is 12.0. The molecule has 0 bridgehead atoms. The smallest absolute Gasteiger partial charge is 0.363 e. The molecule has 3 aromatic carbocycles. The van der Waals surface area contributed by atoms with Crippen molar-refractivity contribution in [2.45, 2.75) is 47.0 Å². The van der Waals surface area contributed by atoms with Crippen LogP contribution in [-0.4, -0.2) is 30.0 Å². The Morgan fingerprint density at radius 3 is 1.63 bits per heavy atom. The zero-order valence-corrected chi connectivity index (χ0v) is 21.0. The van der Waals surface area contributed by atoms with Crippen LogP contribution >= 0.6 is 0 Å². The van der Waals surface area contributed by atoms with E-state index in [0.717, 1.165) is 17.7 Å². The van der Waals surface area contributed by atoms with Crippen molar-refractivity contribution >= 4 is 17.8 Å². The van der Waals surface area contributed by atoms with Gasteiger partial charge in [-0.3, -0.25) is 9.59 Å². The van der Waals surface area contributed by atoms with E-state index in [9.17, 15) is 14.4 Å². The molecule has 0 spiro atoms. The maximum absolute atomic E-state index is 12.0. The van der Waals surface area contributed by atoms with Gasteiger partial charge in [-0.15, -0.1) is 5.06 Å². The number of nitrogens with zero attached hydrogens (tertiary/aromatic N) is 1. The van der Waals surface area contributed by atoms with Gasteiger partial charge in [0.25, 0.3) is 11.8 Å². The third-order valence-electron chi connectivity index (χ3n) is 5.16. The molecule has 0 unspecified atom stereocenters. The molecule has 1 saturated heterocycles. The molecule has 6 nitrogen and oxygen atoms in total. The first-order chi connectivity index (χ1) is 16.9. The Balaban J connectivity index is 0.000000329. The lowest BCUT2D eigenvalue weighted by atomic mass is 10.0. The number of methoxy groups -OCH3 is 1. The molecule has 4 rings (SSSR count). The Bertz CT molecular complexity index is 1090. The molecule has 184 valence electrons. The number of ether oxygens (including phenoxy) is 1. The number of imide groups is 1. The fourth-order valence-corrected chi connectivity index (χ4v) is 3.17. The summed E-state index contributed by atoms with van der Waals surface area (Å²) in [5.41, 5.74) is 5.02. The van der Waals surface area contributed by atoms with E-state index >= 15 is 0 Å². The second-order valence-corrected chi connectivity index (χ2v) is 7.84. The summed E-state index contributed by atoms with van der Waals surface area (Å²) in [6, 6.07) is 23.2. The van der Waals surface area contributed by atoms with E-state index in [4.69, 9.17) is 9.57 Å². The molecule has 0 radical (unpaired) electrons. The van der Waals surface area contributed by atoms with Gasteiger partial charge < -0.3 is 9.57 Å². The second kappa shape index (κ2) is 13.7. The molecule has 0 saturated carbocycles. The van der Waals surface area contributed by atoms with Crippen LogP contribution in [0.3, 0.4) is 0 Å². The second-order valence-electron chi connectivity index (χ2n) is 7.84. The monoisotopic (exact) mass is 475 g/mol. The number of amides is 2. The van der Waals surface area contributed by atoms with Crippen molar-refractivity contribution in [2.75, 3.05) is 7.11 Å². The number of benzene rings is 3. The third kappa shape index (κ3) is 8.41. The highest BCUT2D eigenvalue weighted by Crippen LogP contribution is 2.16. The van der Waals surface area contributed by atoms with E-state index in [-0.39, 0.29) is 12.8 Å². The molecule has 3 aromatic rings. The van der Waals surface area contributed by atoms with Gasteiger partial charge in [0.15, 0.2) is 0 Å². The topological polar surface area (TPSA) is 72.9 Å². The first-order valence-electron chi connectivity index (χ1n) is 11.7. The van der Waals surface area contributed by atoms with Crippen molar-refractivity contribution in [3.05, 3.63) is 101 Å². The lowest BCUT2D eigenvalue weighted by Gasteiger charge is -2.12. The standard InChI is InChI=1S/C19H17NO4.C8H10O.C2H6/c1-13-2-4-14(5-3-13)12-15-6-8-16(9-7-15)19(23)24-20-17(21)10-11-18(20)22;1-7-3-5-8(9-2)6-4-7;1-2/h2-9H,10-12H2,1H3;3-6H,1-2H3;1-2H3. The molecule has 0 N–H and O–H groups in total. The van der Waals surface area contributed by atoms with E-state index < -0.39 is 17.8 Å². The minimum Gasteiger partial charge on any atom is -0.497 e. The van der Waals surface area contributed by atoms with Crippen LogP contribution in [0.4, 0.5) is 0 Å². The zero-order chi connectivity index (χ0) is 25.8. The number of aryl methyl sites for hydroxylation is 2. The highest BCUT2D eigenvalue weighted by Gasteiger charge is 2.33. The minimum absolute atomic E-state index is 0.0849. The number of carbonyl (C=O) groups excluding carboxylic acids is 3. The van der Waals surface area contributed by atoms with E-state index in [1.54, 1.807) is 19.2 Å². The van der Waals surface area contributed by atoms with Gasteiger partial charge in [0, 0.05) is 12.8 Å². The first-order valence-corrected chi connectivity index (χ1v) is 11.7. The van der Waals surface area contributed by atoms with Crippen LogP contribution in [0.25, 0.3) is 0 Å². The Morgan fingerprint density at radius 2 is 1.17 bits per heavy atom. The molecular formula is C29H33NO5. The molecule has 1 aliphatic rings. The largest absolute Gasteiger partial charge is 0.497 e. The third-order valence-corrected chi connectivity index (χ3v) is 5.16. The molecule has 0 aromatic heterocycles. The maximum Gasteiger partial charge on any atom is 0.363 e. The van der Waals surface area contributed by atoms with Gasteiger partial charge in [0.05, 0.1) is 12.7 Å². The van der Waals surface area contributed by atoms with Crippen molar-refractivity contribution in [3.63, 3.8) is 0 Å². The normalized spacial score (nSPS) is 12.2. The molecule has 2 amide bonds. The molecule has 35 heavy (non-hydrogen) atoms. The molecule has 1 aliphatic heterocycles. The SMILES string of the molecule is CC.COc1ccc(C)cc1.Cc1ccc(Cc2ccc(C(=O)ON3C(=O)CCC3=O)cc2)cc1. The number of hydrogen-bond acceptors (Lipinski definition) is 5. The van der Waals surface area contributed by atoms with Gasteiger partial charge in [-0.2, -0.15) is 0 Å². The van der Waals surface area contributed by atoms with Gasteiger partial charge in [0.1, 0.15) is 5.75 Å². The quantitative estimate of drug-likeness (QED) is 0.434. The lowest BCUT2D eigenvalue weighted by molar-refractivity contribution is -0.172. The fraction of sp³-hybridized carbons (Fsp3) is 0.276. The van der Waals surface area contributed by atoms with E-state index in [2.05, 4.69) is 31.2 Å². The van der Waals surface area contributed by atoms with Crippen LogP contribution in [-0.2, 0) is 20.8 Å². The molecular weight excluding hydrogens is 442 g/mol. The Hall–Kier alpha value is -3.93. The highest BCUT2D eigenvalue weighted by atomic mass is 16.7. The first kappa shape index (κ1) is 27.3. The summed E-state index contributed by atoms with van der Waals surface area (Å²) < 4.78 is 4.97. The van der Waals surface area contributed by atoms with Crippen molar-refractivity contribution in [2.24, 2.45) is 0 Å².